The van der Waals surface area contributed by atoms with Gasteiger partial charge >= 0.3 is 0 Å². The van der Waals surface area contributed by atoms with Crippen molar-refractivity contribution in [2.24, 2.45) is 5.92 Å². The van der Waals surface area contributed by atoms with E-state index in [9.17, 15) is 0 Å². The maximum absolute atomic E-state index is 3.49. The highest BCUT2D eigenvalue weighted by Crippen LogP contribution is 2.15. The van der Waals surface area contributed by atoms with Crippen molar-refractivity contribution in [1.82, 2.24) is 0 Å². The van der Waals surface area contributed by atoms with E-state index in [-0.39, 0.29) is 0 Å². The molecule has 0 bridgehead atoms. The van der Waals surface area contributed by atoms with Crippen molar-refractivity contribution >= 4 is 22.0 Å². The lowest BCUT2D eigenvalue weighted by atomic mass is 10.0. The lowest BCUT2D eigenvalue weighted by Crippen LogP contribution is -1.96. The quantitative estimate of drug-likeness (QED) is 0.696. The van der Waals surface area contributed by atoms with Crippen molar-refractivity contribution in [2.45, 2.75) is 13.8 Å². The molecule has 1 atom stereocenters. The van der Waals surface area contributed by atoms with E-state index in [1.54, 1.807) is 0 Å². The van der Waals surface area contributed by atoms with Crippen LogP contribution in [0, 0.1) is 5.92 Å². The third-order valence-corrected chi connectivity index (χ3v) is 3.17. The molecule has 0 aliphatic rings. The van der Waals surface area contributed by atoms with Crippen LogP contribution in [0.1, 0.15) is 19.4 Å². The normalized spacial score (nSPS) is 14.2. The third-order valence-electron chi connectivity index (χ3n) is 2.20. The first-order chi connectivity index (χ1) is 6.24. The maximum Gasteiger partial charge on any atom is 0.00943 e. The van der Waals surface area contributed by atoms with E-state index in [1.807, 2.05) is 6.07 Å². The molecule has 0 aliphatic carbocycles. The predicted octanol–water partition coefficient (Wildman–Crippen LogP) is 4.12. The Labute approximate surface area is 88.8 Å². The fourth-order valence-corrected chi connectivity index (χ4v) is 1.59. The number of rotatable bonds is 3. The minimum absolute atomic E-state index is 0.611. The Hall–Kier alpha value is -0.560. The molecule has 0 amide bonds. The van der Waals surface area contributed by atoms with Gasteiger partial charge in [0.05, 0.1) is 0 Å². The summed E-state index contributed by atoms with van der Waals surface area (Å²) in [5.41, 5.74) is 2.70. The smallest absolute Gasteiger partial charge is 0.00943 e. The zero-order valence-corrected chi connectivity index (χ0v) is 9.71. The van der Waals surface area contributed by atoms with Crippen LogP contribution in [-0.4, -0.2) is 5.33 Å². The Kier molecular flexibility index (Phi) is 4.23. The molecule has 0 aliphatic heterocycles. The Bertz CT molecular complexity index is 274. The lowest BCUT2D eigenvalue weighted by molar-refractivity contribution is 0.796. The van der Waals surface area contributed by atoms with Gasteiger partial charge < -0.3 is 0 Å². The average molecular weight is 239 g/mol. The maximum atomic E-state index is 3.49. The zero-order chi connectivity index (χ0) is 9.68. The molecular formula is C12H15Br. The lowest BCUT2D eigenvalue weighted by Gasteiger charge is -2.07. The second-order valence-corrected chi connectivity index (χ2v) is 4.00. The van der Waals surface area contributed by atoms with Gasteiger partial charge in [-0.05, 0) is 18.4 Å². The molecule has 0 saturated heterocycles. The first kappa shape index (κ1) is 10.5. The van der Waals surface area contributed by atoms with Gasteiger partial charge in [0, 0.05) is 5.33 Å². The Morgan fingerprint density at radius 2 is 2.00 bits per heavy atom. The van der Waals surface area contributed by atoms with Gasteiger partial charge in [-0.25, -0.2) is 0 Å². The molecule has 0 heterocycles. The summed E-state index contributed by atoms with van der Waals surface area (Å²) in [6.07, 6.45) is 2.24. The summed E-state index contributed by atoms with van der Waals surface area (Å²) in [7, 11) is 0. The van der Waals surface area contributed by atoms with E-state index in [2.05, 4.69) is 60.1 Å². The van der Waals surface area contributed by atoms with E-state index in [0.717, 1.165) is 5.33 Å². The SMILES string of the molecule is C/C(=C\c1ccccc1)C(C)CBr. The molecule has 0 fully saturated rings. The molecule has 13 heavy (non-hydrogen) atoms. The predicted molar refractivity (Wildman–Crippen MR) is 63.1 cm³/mol. The van der Waals surface area contributed by atoms with Crippen molar-refractivity contribution in [1.29, 1.82) is 0 Å². The molecule has 0 saturated carbocycles. The Morgan fingerprint density at radius 3 is 2.54 bits per heavy atom. The largest absolute Gasteiger partial charge is 0.0922 e. The van der Waals surface area contributed by atoms with Crippen LogP contribution < -0.4 is 0 Å². The standard InChI is InChI=1S/C12H15Br/c1-10(11(2)9-13)8-12-6-4-3-5-7-12/h3-8,11H,9H2,1-2H3/b10-8+. The van der Waals surface area contributed by atoms with E-state index in [4.69, 9.17) is 0 Å². The summed E-state index contributed by atoms with van der Waals surface area (Å²) < 4.78 is 0. The monoisotopic (exact) mass is 238 g/mol. The van der Waals surface area contributed by atoms with Crippen molar-refractivity contribution in [3.8, 4) is 0 Å². The highest BCUT2D eigenvalue weighted by atomic mass is 79.9. The van der Waals surface area contributed by atoms with Gasteiger partial charge in [0.15, 0.2) is 0 Å². The molecule has 1 rings (SSSR count). The molecule has 1 unspecified atom stereocenters. The molecule has 70 valence electrons. The second kappa shape index (κ2) is 5.23. The van der Waals surface area contributed by atoms with Crippen LogP contribution in [0.15, 0.2) is 35.9 Å². The van der Waals surface area contributed by atoms with Crippen LogP contribution in [0.2, 0.25) is 0 Å². The first-order valence-electron chi connectivity index (χ1n) is 4.53. The van der Waals surface area contributed by atoms with Crippen LogP contribution in [0.4, 0.5) is 0 Å². The number of hydrogen-bond acceptors (Lipinski definition) is 0. The molecule has 1 aromatic carbocycles. The molecule has 0 radical (unpaired) electrons. The zero-order valence-electron chi connectivity index (χ0n) is 8.13. The van der Waals surface area contributed by atoms with Crippen molar-refractivity contribution < 1.29 is 0 Å². The summed E-state index contributed by atoms with van der Waals surface area (Å²) in [4.78, 5) is 0. The van der Waals surface area contributed by atoms with Crippen LogP contribution in [-0.2, 0) is 0 Å². The van der Waals surface area contributed by atoms with Crippen LogP contribution in [0.5, 0.6) is 0 Å². The van der Waals surface area contributed by atoms with Gasteiger partial charge in [0.25, 0.3) is 0 Å². The number of benzene rings is 1. The number of alkyl halides is 1. The first-order valence-corrected chi connectivity index (χ1v) is 5.65. The van der Waals surface area contributed by atoms with Gasteiger partial charge in [0.1, 0.15) is 0 Å². The highest BCUT2D eigenvalue weighted by Gasteiger charge is 2.00. The van der Waals surface area contributed by atoms with Gasteiger partial charge in [-0.1, -0.05) is 64.8 Å². The fourth-order valence-electron chi connectivity index (χ4n) is 1.08. The van der Waals surface area contributed by atoms with Gasteiger partial charge in [-0.15, -0.1) is 0 Å². The summed E-state index contributed by atoms with van der Waals surface area (Å²) in [5.74, 6) is 0.611. The van der Waals surface area contributed by atoms with Crippen LogP contribution >= 0.6 is 15.9 Å². The second-order valence-electron chi connectivity index (χ2n) is 3.35. The number of hydrogen-bond donors (Lipinski definition) is 0. The summed E-state index contributed by atoms with van der Waals surface area (Å²) in [6, 6.07) is 10.4. The summed E-state index contributed by atoms with van der Waals surface area (Å²) in [5, 5.41) is 1.03. The Morgan fingerprint density at radius 1 is 1.38 bits per heavy atom. The molecule has 1 aromatic rings. The van der Waals surface area contributed by atoms with Crippen molar-refractivity contribution in [2.75, 3.05) is 5.33 Å². The van der Waals surface area contributed by atoms with Crippen molar-refractivity contribution in [3.63, 3.8) is 0 Å². The highest BCUT2D eigenvalue weighted by molar-refractivity contribution is 9.09. The average Bonchev–Trinajstić information content (AvgIpc) is 2.18. The fraction of sp³-hybridized carbons (Fsp3) is 0.333. The molecule has 0 aromatic heterocycles. The molecule has 0 N–H and O–H groups in total. The molecule has 1 heteroatoms. The number of allylic oxidation sites excluding steroid dienone is 1. The summed E-state index contributed by atoms with van der Waals surface area (Å²) >= 11 is 3.49. The number of halogens is 1. The van der Waals surface area contributed by atoms with E-state index >= 15 is 0 Å². The molecule has 0 nitrogen and oxygen atoms in total. The van der Waals surface area contributed by atoms with E-state index in [1.165, 1.54) is 11.1 Å². The van der Waals surface area contributed by atoms with Crippen molar-refractivity contribution in [3.05, 3.63) is 41.5 Å². The topological polar surface area (TPSA) is 0 Å². The van der Waals surface area contributed by atoms with Crippen LogP contribution in [0.25, 0.3) is 6.08 Å². The van der Waals surface area contributed by atoms with E-state index < -0.39 is 0 Å². The molecule has 0 spiro atoms. The minimum Gasteiger partial charge on any atom is -0.0922 e. The minimum atomic E-state index is 0.611. The summed E-state index contributed by atoms with van der Waals surface area (Å²) in [6.45, 7) is 4.41. The van der Waals surface area contributed by atoms with E-state index in [0.29, 0.717) is 5.92 Å². The van der Waals surface area contributed by atoms with Gasteiger partial charge in [-0.2, -0.15) is 0 Å². The molecular weight excluding hydrogens is 224 g/mol. The third kappa shape index (κ3) is 3.35. The van der Waals surface area contributed by atoms with Crippen LogP contribution in [0.3, 0.4) is 0 Å². The van der Waals surface area contributed by atoms with Gasteiger partial charge in [0.2, 0.25) is 0 Å². The Balaban J connectivity index is 2.77. The van der Waals surface area contributed by atoms with Gasteiger partial charge in [-0.3, -0.25) is 0 Å².